The molecule has 0 aliphatic carbocycles. The third-order valence-electron chi connectivity index (χ3n) is 2.58. The molecule has 0 bridgehead atoms. The van der Waals surface area contributed by atoms with Crippen LogP contribution in [-0.4, -0.2) is 13.0 Å². The molecule has 0 saturated carbocycles. The van der Waals surface area contributed by atoms with E-state index in [0.29, 0.717) is 17.4 Å². The normalized spacial score (nSPS) is 10.9. The van der Waals surface area contributed by atoms with Crippen molar-refractivity contribution in [2.24, 2.45) is 0 Å². The van der Waals surface area contributed by atoms with Crippen LogP contribution < -0.4 is 51.4 Å². The molecule has 2 aromatic rings. The van der Waals surface area contributed by atoms with Crippen LogP contribution >= 0.6 is 0 Å². The molecule has 0 radical (unpaired) electrons. The quantitative estimate of drug-likeness (QED) is 0.433. The minimum atomic E-state index is -4.48. The van der Waals surface area contributed by atoms with E-state index in [2.05, 4.69) is 6.58 Å². The summed E-state index contributed by atoms with van der Waals surface area (Å²) in [4.78, 5) is -0.129. The largest absolute Gasteiger partial charge is 1.00 e. The van der Waals surface area contributed by atoms with Gasteiger partial charge in [0.1, 0.15) is 10.1 Å². The first-order chi connectivity index (χ1) is 8.04. The fourth-order valence-corrected chi connectivity index (χ4v) is 2.83. The van der Waals surface area contributed by atoms with Gasteiger partial charge in [-0.3, -0.25) is 0 Å². The van der Waals surface area contributed by atoms with Crippen molar-refractivity contribution < 1.29 is 64.4 Å². The molecule has 0 spiro atoms. The summed E-state index contributed by atoms with van der Waals surface area (Å²) in [5.74, 6) is 0. The molecule has 0 atom stereocenters. The molecule has 0 amide bonds. The molecule has 2 aromatic carbocycles. The zero-order valence-corrected chi connectivity index (χ0v) is 14.0. The predicted molar refractivity (Wildman–Crippen MR) is 65.8 cm³/mol. The van der Waals surface area contributed by atoms with Crippen LogP contribution in [0.2, 0.25) is 0 Å². The van der Waals surface area contributed by atoms with E-state index in [9.17, 15) is 13.0 Å². The molecular formula is C13H11KO3S. The summed E-state index contributed by atoms with van der Waals surface area (Å²) in [7, 11) is -4.48. The molecule has 0 aromatic heterocycles. The van der Waals surface area contributed by atoms with Gasteiger partial charge in [-0.25, -0.2) is 8.42 Å². The topological polar surface area (TPSA) is 57.2 Å². The maximum absolute atomic E-state index is 11.4. The Hall–Kier alpha value is -0.0136. The van der Waals surface area contributed by atoms with Gasteiger partial charge in [-0.15, -0.1) is 6.58 Å². The molecule has 18 heavy (non-hydrogen) atoms. The fraction of sp³-hybridized carbons (Fsp3) is 0.0769. The monoisotopic (exact) mass is 286 g/mol. The van der Waals surface area contributed by atoms with Crippen molar-refractivity contribution in [2.75, 3.05) is 0 Å². The van der Waals surface area contributed by atoms with Crippen LogP contribution in [0.25, 0.3) is 10.8 Å². The van der Waals surface area contributed by atoms with Crippen LogP contribution in [0.3, 0.4) is 0 Å². The van der Waals surface area contributed by atoms with Gasteiger partial charge in [-0.1, -0.05) is 42.5 Å². The van der Waals surface area contributed by atoms with Gasteiger partial charge in [-0.05, 0) is 22.8 Å². The van der Waals surface area contributed by atoms with Gasteiger partial charge in [0.25, 0.3) is 0 Å². The van der Waals surface area contributed by atoms with E-state index >= 15 is 0 Å². The first-order valence-corrected chi connectivity index (χ1v) is 6.52. The summed E-state index contributed by atoms with van der Waals surface area (Å²) in [6.07, 6.45) is 1.94. The van der Waals surface area contributed by atoms with E-state index in [1.807, 2.05) is 6.07 Å². The number of fused-ring (bicyclic) bond motifs is 1. The van der Waals surface area contributed by atoms with Gasteiger partial charge >= 0.3 is 51.4 Å². The number of benzene rings is 2. The molecule has 3 nitrogen and oxygen atoms in total. The van der Waals surface area contributed by atoms with Gasteiger partial charge in [0, 0.05) is 0 Å². The first-order valence-electron chi connectivity index (χ1n) is 5.11. The summed E-state index contributed by atoms with van der Waals surface area (Å²) < 4.78 is 34.1. The average Bonchev–Trinajstić information content (AvgIpc) is 2.27. The van der Waals surface area contributed by atoms with Gasteiger partial charge in [-0.2, -0.15) is 0 Å². The fourth-order valence-electron chi connectivity index (χ4n) is 1.90. The maximum atomic E-state index is 11.4. The molecular weight excluding hydrogens is 275 g/mol. The molecule has 0 fully saturated rings. The van der Waals surface area contributed by atoms with Crippen LogP contribution in [0, 0.1) is 0 Å². The second kappa shape index (κ2) is 6.43. The Bertz CT molecular complexity index is 678. The molecule has 0 aliphatic rings. The zero-order valence-electron chi connectivity index (χ0n) is 10.1. The Labute approximate surface area is 149 Å². The van der Waals surface area contributed by atoms with E-state index in [1.54, 1.807) is 36.4 Å². The minimum absolute atomic E-state index is 0. The molecule has 0 N–H and O–H groups in total. The second-order valence-corrected chi connectivity index (χ2v) is 5.04. The Morgan fingerprint density at radius 3 is 2.44 bits per heavy atom. The van der Waals surface area contributed by atoms with Crippen molar-refractivity contribution in [1.82, 2.24) is 0 Å². The van der Waals surface area contributed by atoms with Crippen molar-refractivity contribution in [3.63, 3.8) is 0 Å². The van der Waals surface area contributed by atoms with Crippen molar-refractivity contribution in [1.29, 1.82) is 0 Å². The molecule has 5 heteroatoms. The van der Waals surface area contributed by atoms with Crippen LogP contribution in [0.15, 0.2) is 53.9 Å². The Kier molecular flexibility index (Phi) is 5.73. The predicted octanol–water partition coefficient (Wildman–Crippen LogP) is -0.524. The van der Waals surface area contributed by atoms with Gasteiger partial charge < -0.3 is 4.55 Å². The Morgan fingerprint density at radius 2 is 1.83 bits per heavy atom. The summed E-state index contributed by atoms with van der Waals surface area (Å²) >= 11 is 0. The van der Waals surface area contributed by atoms with Crippen molar-refractivity contribution in [3.8, 4) is 0 Å². The molecule has 88 valence electrons. The third-order valence-corrected chi connectivity index (χ3v) is 3.56. The number of allylic oxidation sites excluding steroid dienone is 1. The van der Waals surface area contributed by atoms with Gasteiger partial charge in [0.05, 0.1) is 4.90 Å². The number of hydrogen-bond acceptors (Lipinski definition) is 3. The van der Waals surface area contributed by atoms with Crippen molar-refractivity contribution in [2.45, 2.75) is 11.3 Å². The first kappa shape index (κ1) is 16.0. The number of rotatable bonds is 3. The summed E-state index contributed by atoms with van der Waals surface area (Å²) in [6.45, 7) is 3.56. The van der Waals surface area contributed by atoms with E-state index in [-0.39, 0.29) is 56.3 Å². The molecule has 0 heterocycles. The SMILES string of the molecule is C=CCc1ccc2ccccc2c1S(=O)(=O)[O-].[K+]. The van der Waals surface area contributed by atoms with E-state index < -0.39 is 10.1 Å². The number of hydrogen-bond donors (Lipinski definition) is 0. The smallest absolute Gasteiger partial charge is 0.744 e. The molecule has 2 rings (SSSR count). The van der Waals surface area contributed by atoms with Crippen LogP contribution in [0.4, 0.5) is 0 Å². The summed E-state index contributed by atoms with van der Waals surface area (Å²) in [5.41, 5.74) is 0.494. The molecule has 0 aliphatic heterocycles. The van der Waals surface area contributed by atoms with E-state index in [1.165, 1.54) is 0 Å². The van der Waals surface area contributed by atoms with E-state index in [0.717, 1.165) is 5.39 Å². The van der Waals surface area contributed by atoms with Crippen LogP contribution in [0.5, 0.6) is 0 Å². The summed E-state index contributed by atoms with van der Waals surface area (Å²) in [5, 5.41) is 1.22. The Morgan fingerprint density at radius 1 is 1.17 bits per heavy atom. The van der Waals surface area contributed by atoms with Crippen molar-refractivity contribution >= 4 is 20.9 Å². The molecule has 0 unspecified atom stereocenters. The van der Waals surface area contributed by atoms with Gasteiger partial charge in [0.15, 0.2) is 0 Å². The van der Waals surface area contributed by atoms with Crippen LogP contribution in [-0.2, 0) is 16.5 Å². The maximum Gasteiger partial charge on any atom is 1.00 e. The summed E-state index contributed by atoms with van der Waals surface area (Å²) in [6, 6.07) is 10.4. The minimum Gasteiger partial charge on any atom is -0.744 e. The van der Waals surface area contributed by atoms with E-state index in [4.69, 9.17) is 0 Å². The standard InChI is InChI=1S/C13H12O3S.K/c1-2-5-11-9-8-10-6-3-4-7-12(10)13(11)17(14,15)16;/h2-4,6-9H,1,5H2,(H,14,15,16);/q;+1/p-1. The average molecular weight is 286 g/mol. The third kappa shape index (κ3) is 3.30. The Balaban J connectivity index is 0.00000162. The zero-order chi connectivity index (χ0) is 12.5. The second-order valence-electron chi connectivity index (χ2n) is 3.72. The van der Waals surface area contributed by atoms with Crippen molar-refractivity contribution in [3.05, 3.63) is 54.6 Å². The van der Waals surface area contributed by atoms with Gasteiger partial charge in [0.2, 0.25) is 0 Å². The molecule has 0 saturated heterocycles. The van der Waals surface area contributed by atoms with Crippen LogP contribution in [0.1, 0.15) is 5.56 Å².